The lowest BCUT2D eigenvalue weighted by molar-refractivity contribution is -0.752. The number of aromatic nitrogens is 3. The zero-order valence-electron chi connectivity index (χ0n) is 12.3. The molecule has 4 nitrogen and oxygen atoms in total. The molecule has 120 valence electrons. The highest BCUT2D eigenvalue weighted by molar-refractivity contribution is 8.01. The molecule has 1 atom stereocenters. The highest BCUT2D eigenvalue weighted by Gasteiger charge is 2.31. The van der Waals surface area contributed by atoms with Gasteiger partial charge in [0.1, 0.15) is 11.7 Å². The average molecular weight is 384 g/mol. The minimum absolute atomic E-state index is 0. The summed E-state index contributed by atoms with van der Waals surface area (Å²) in [5.41, 5.74) is 2.08. The summed E-state index contributed by atoms with van der Waals surface area (Å²) in [5, 5.41) is 0.972. The molecule has 1 aliphatic heterocycles. The molecule has 3 heterocycles. The number of nitrogens with one attached hydrogen (secondary N) is 1. The summed E-state index contributed by atoms with van der Waals surface area (Å²) < 4.78 is 4.59. The summed E-state index contributed by atoms with van der Waals surface area (Å²) in [6.45, 7) is 2.00. The number of hydrogen-bond donors (Lipinski definition) is 1. The lowest BCUT2D eigenvalue weighted by atomic mass is 10.3. The van der Waals surface area contributed by atoms with E-state index in [1.54, 1.807) is 40.9 Å². The standard InChI is InChI=1S/C15H13N3OS3.ClH/c1-9-6-13(19)17-14-18(9)10(7-20-14)8-21-15-16-11-4-2-3-5-12(11)22-15;/h2-6,10H,7-8H2,1H3;1H. The number of H-pyrrole nitrogens is 1. The molecule has 3 aromatic rings. The molecule has 0 bridgehead atoms. The van der Waals surface area contributed by atoms with Crippen molar-refractivity contribution in [3.05, 3.63) is 46.4 Å². The number of rotatable bonds is 3. The van der Waals surface area contributed by atoms with E-state index in [0.29, 0.717) is 6.04 Å². The molecular formula is C15H14ClN3OS3. The van der Waals surface area contributed by atoms with Crippen LogP contribution in [0.2, 0.25) is 0 Å². The smallest absolute Gasteiger partial charge is 0.336 e. The van der Waals surface area contributed by atoms with Crippen LogP contribution in [0.4, 0.5) is 0 Å². The van der Waals surface area contributed by atoms with Crippen molar-refractivity contribution in [1.82, 2.24) is 9.97 Å². The van der Waals surface area contributed by atoms with Crippen molar-refractivity contribution in [3.63, 3.8) is 0 Å². The highest BCUT2D eigenvalue weighted by atomic mass is 35.5. The zero-order valence-corrected chi connectivity index (χ0v) is 15.5. The molecule has 0 saturated carbocycles. The number of halogens is 1. The van der Waals surface area contributed by atoms with E-state index in [1.807, 2.05) is 19.1 Å². The molecule has 0 saturated heterocycles. The van der Waals surface area contributed by atoms with Crippen LogP contribution in [0.25, 0.3) is 10.2 Å². The van der Waals surface area contributed by atoms with E-state index >= 15 is 0 Å². The lowest BCUT2D eigenvalue weighted by Gasteiger charge is -2.09. The van der Waals surface area contributed by atoms with Gasteiger partial charge in [0.05, 0.1) is 16.3 Å². The first-order valence-corrected chi connectivity index (χ1v) is 9.76. The Balaban J connectivity index is 0.00000156. The Kier molecular flexibility index (Phi) is 5.01. The molecule has 0 spiro atoms. The summed E-state index contributed by atoms with van der Waals surface area (Å²) in [5.74, 6) is 1.97. The van der Waals surface area contributed by atoms with E-state index in [4.69, 9.17) is 0 Å². The third kappa shape index (κ3) is 3.28. The van der Waals surface area contributed by atoms with Crippen LogP contribution < -0.4 is 22.5 Å². The van der Waals surface area contributed by atoms with Crippen molar-refractivity contribution in [1.29, 1.82) is 0 Å². The fourth-order valence-electron chi connectivity index (χ4n) is 2.63. The molecule has 1 aromatic carbocycles. The quantitative estimate of drug-likeness (QED) is 0.393. The summed E-state index contributed by atoms with van der Waals surface area (Å²) in [6.07, 6.45) is 0. The van der Waals surface area contributed by atoms with Crippen LogP contribution in [0.15, 0.2) is 44.6 Å². The van der Waals surface area contributed by atoms with Gasteiger partial charge in [0.15, 0.2) is 4.34 Å². The van der Waals surface area contributed by atoms with Crippen LogP contribution in [0, 0.1) is 6.92 Å². The molecule has 1 aliphatic rings. The first kappa shape index (κ1) is 16.8. The van der Waals surface area contributed by atoms with Gasteiger partial charge in [-0.2, -0.15) is 0 Å². The van der Waals surface area contributed by atoms with Gasteiger partial charge in [-0.25, -0.2) is 19.3 Å². The second-order valence-electron chi connectivity index (χ2n) is 5.17. The van der Waals surface area contributed by atoms with Gasteiger partial charge in [0, 0.05) is 11.5 Å². The maximum Gasteiger partial charge on any atom is 0.336 e. The number of hydrogen-bond acceptors (Lipinski definition) is 5. The van der Waals surface area contributed by atoms with Crippen LogP contribution >= 0.6 is 34.9 Å². The fraction of sp³-hybridized carbons (Fsp3) is 0.267. The number of aryl methyl sites for hydroxylation is 1. The topological polar surface area (TPSA) is 49.6 Å². The SMILES string of the molecule is Cc1cc(=O)[nH]c2[n+]1C(CSc1nc3ccccc3s1)CS2.[Cl-]. The summed E-state index contributed by atoms with van der Waals surface area (Å²) in [6, 6.07) is 10.3. The predicted octanol–water partition coefficient (Wildman–Crippen LogP) is 0.0236. The van der Waals surface area contributed by atoms with E-state index in [2.05, 4.69) is 26.7 Å². The molecule has 4 rings (SSSR count). The lowest BCUT2D eigenvalue weighted by Crippen LogP contribution is -3.00. The van der Waals surface area contributed by atoms with Crippen LogP contribution in [-0.4, -0.2) is 21.5 Å². The van der Waals surface area contributed by atoms with Gasteiger partial charge in [-0.15, -0.1) is 11.3 Å². The maximum atomic E-state index is 11.5. The Morgan fingerprint density at radius 2 is 2.26 bits per heavy atom. The highest BCUT2D eigenvalue weighted by Crippen LogP contribution is 2.33. The van der Waals surface area contributed by atoms with E-state index < -0.39 is 0 Å². The van der Waals surface area contributed by atoms with Gasteiger partial charge in [-0.3, -0.25) is 0 Å². The Morgan fingerprint density at radius 3 is 3.09 bits per heavy atom. The number of aromatic amines is 1. The molecule has 0 radical (unpaired) electrons. The Hall–Kier alpha value is -1.02. The van der Waals surface area contributed by atoms with E-state index in [0.717, 1.165) is 32.2 Å². The summed E-state index contributed by atoms with van der Waals surface area (Å²) in [4.78, 5) is 19.1. The van der Waals surface area contributed by atoms with Crippen molar-refractivity contribution >= 4 is 45.1 Å². The van der Waals surface area contributed by atoms with Crippen LogP contribution in [0.5, 0.6) is 0 Å². The average Bonchev–Trinajstić information content (AvgIpc) is 3.08. The number of para-hydroxylation sites is 1. The number of thiazole rings is 1. The Bertz CT molecular complexity index is 875. The van der Waals surface area contributed by atoms with Crippen LogP contribution in [-0.2, 0) is 0 Å². The zero-order chi connectivity index (χ0) is 15.1. The normalized spacial score (nSPS) is 16.3. The molecule has 23 heavy (non-hydrogen) atoms. The van der Waals surface area contributed by atoms with Crippen molar-refractivity contribution in [3.8, 4) is 0 Å². The molecule has 1 N–H and O–H groups in total. The second-order valence-corrected chi connectivity index (χ2v) is 8.48. The summed E-state index contributed by atoms with van der Waals surface area (Å²) >= 11 is 5.27. The molecular weight excluding hydrogens is 370 g/mol. The minimum Gasteiger partial charge on any atom is -1.00 e. The molecule has 2 aromatic heterocycles. The van der Waals surface area contributed by atoms with Gasteiger partial charge in [0.25, 0.3) is 0 Å². The first-order chi connectivity index (χ1) is 10.7. The molecule has 0 fully saturated rings. The van der Waals surface area contributed by atoms with Gasteiger partial charge in [0.2, 0.25) is 0 Å². The largest absolute Gasteiger partial charge is 1.00 e. The van der Waals surface area contributed by atoms with Crippen molar-refractivity contribution in [2.45, 2.75) is 22.5 Å². The van der Waals surface area contributed by atoms with E-state index in [-0.39, 0.29) is 18.0 Å². The number of nitrogens with zero attached hydrogens (tertiary/aromatic N) is 2. The van der Waals surface area contributed by atoms with E-state index in [1.165, 1.54) is 4.70 Å². The van der Waals surface area contributed by atoms with Gasteiger partial charge in [-0.1, -0.05) is 23.9 Å². The summed E-state index contributed by atoms with van der Waals surface area (Å²) in [7, 11) is 0. The third-order valence-corrected chi connectivity index (χ3v) is 7.07. The van der Waals surface area contributed by atoms with Gasteiger partial charge in [-0.05, 0) is 30.8 Å². The number of benzene rings is 1. The Labute approximate surface area is 152 Å². The Morgan fingerprint density at radius 1 is 1.43 bits per heavy atom. The molecule has 8 heteroatoms. The fourth-order valence-corrected chi connectivity index (χ4v) is 6.18. The maximum absolute atomic E-state index is 11.5. The minimum atomic E-state index is -0.0178. The molecule has 1 unspecified atom stereocenters. The molecule has 0 aliphatic carbocycles. The number of thioether (sulfide) groups is 2. The first-order valence-electron chi connectivity index (χ1n) is 6.97. The van der Waals surface area contributed by atoms with Crippen LogP contribution in [0.3, 0.4) is 0 Å². The van der Waals surface area contributed by atoms with Crippen molar-refractivity contribution in [2.75, 3.05) is 11.5 Å². The third-order valence-electron chi connectivity index (χ3n) is 3.62. The van der Waals surface area contributed by atoms with Crippen molar-refractivity contribution < 1.29 is 17.0 Å². The van der Waals surface area contributed by atoms with E-state index in [9.17, 15) is 4.79 Å². The van der Waals surface area contributed by atoms with Crippen molar-refractivity contribution in [2.24, 2.45) is 0 Å². The van der Waals surface area contributed by atoms with Gasteiger partial charge >= 0.3 is 10.7 Å². The number of fused-ring (bicyclic) bond motifs is 2. The van der Waals surface area contributed by atoms with Crippen LogP contribution in [0.1, 0.15) is 11.7 Å². The predicted molar refractivity (Wildman–Crippen MR) is 92.1 cm³/mol. The molecule has 0 amide bonds. The monoisotopic (exact) mass is 383 g/mol. The second kappa shape index (κ2) is 6.84. The van der Waals surface area contributed by atoms with Gasteiger partial charge < -0.3 is 12.4 Å².